The molecule has 12 bridgehead atoms. The van der Waals surface area contributed by atoms with Crippen LogP contribution >= 0.6 is 0 Å². The summed E-state index contributed by atoms with van der Waals surface area (Å²) in [5.41, 5.74) is 8.01. The first-order chi connectivity index (χ1) is 25.1. The van der Waals surface area contributed by atoms with Gasteiger partial charge in [-0.25, -0.2) is 0 Å². The maximum atomic E-state index is 14.1. The van der Waals surface area contributed by atoms with Gasteiger partial charge in [0.25, 0.3) is 0 Å². The number of aliphatic hydroxyl groups is 1. The molecule has 12 heteroatoms. The van der Waals surface area contributed by atoms with Crippen LogP contribution in [0.2, 0.25) is 0 Å². The molecule has 10 heterocycles. The Morgan fingerprint density at radius 3 is 2.38 bits per heavy atom. The summed E-state index contributed by atoms with van der Waals surface area (Å²) in [6, 6.07) is 0. The van der Waals surface area contributed by atoms with E-state index in [9.17, 15) is 9.90 Å². The molecule has 4 unspecified atom stereocenters. The zero-order valence-corrected chi connectivity index (χ0v) is 30.8. The first-order valence-electron chi connectivity index (χ1n) is 20.2. The minimum atomic E-state index is -0.780. The molecule has 0 aromatic rings. The third-order valence-electron chi connectivity index (χ3n) is 14.0. The average Bonchev–Trinajstić information content (AvgIpc) is 3.79. The van der Waals surface area contributed by atoms with Gasteiger partial charge < -0.3 is 53.5 Å². The summed E-state index contributed by atoms with van der Waals surface area (Å²) < 4.78 is 60.0. The number of hydrogen-bond donors (Lipinski definition) is 2. The molecule has 0 aliphatic carbocycles. The molecule has 12 nitrogen and oxygen atoms in total. The van der Waals surface area contributed by atoms with E-state index in [1.807, 2.05) is 0 Å². The van der Waals surface area contributed by atoms with Gasteiger partial charge in [-0.3, -0.25) is 4.79 Å². The minimum absolute atomic E-state index is 0.0158. The highest BCUT2D eigenvalue weighted by molar-refractivity contribution is 5.79. The number of hydrogen-bond acceptors (Lipinski definition) is 12. The van der Waals surface area contributed by atoms with Gasteiger partial charge in [-0.1, -0.05) is 20.1 Å². The molecule has 10 rings (SSSR count). The van der Waals surface area contributed by atoms with Crippen LogP contribution in [0.15, 0.2) is 24.3 Å². The molecule has 10 fully saturated rings. The highest BCUT2D eigenvalue weighted by Crippen LogP contribution is 2.54. The molecule has 0 radical (unpaired) electrons. The van der Waals surface area contributed by atoms with Gasteiger partial charge in [-0.2, -0.15) is 0 Å². The Bertz CT molecular complexity index is 1380. The lowest BCUT2D eigenvalue weighted by molar-refractivity contribution is -0.292. The predicted octanol–water partition coefficient (Wildman–Crippen LogP) is 3.44. The minimum Gasteiger partial charge on any atom is -0.392 e. The van der Waals surface area contributed by atoms with Crippen molar-refractivity contribution in [3.05, 3.63) is 24.3 Å². The van der Waals surface area contributed by atoms with Crippen LogP contribution in [0.1, 0.15) is 90.4 Å². The second-order valence-electron chi connectivity index (χ2n) is 17.4. The van der Waals surface area contributed by atoms with E-state index in [2.05, 4.69) is 20.1 Å². The number of nitrogens with two attached hydrogens (primary N) is 1. The van der Waals surface area contributed by atoms with Crippen LogP contribution in [0.25, 0.3) is 0 Å². The normalized spacial score (nSPS) is 52.4. The van der Waals surface area contributed by atoms with E-state index in [-0.39, 0.29) is 122 Å². The van der Waals surface area contributed by atoms with Crippen molar-refractivity contribution in [3.8, 4) is 0 Å². The molecule has 19 atom stereocenters. The van der Waals surface area contributed by atoms with Crippen molar-refractivity contribution < 1.29 is 52.5 Å². The number of carbonyl (C=O) groups excluding carboxylic acids is 1. The van der Waals surface area contributed by atoms with Gasteiger partial charge in [0.1, 0.15) is 36.3 Å². The molecule has 0 amide bonds. The Labute approximate surface area is 307 Å². The van der Waals surface area contributed by atoms with E-state index in [1.165, 1.54) is 0 Å². The topological polar surface area (TPSA) is 146 Å². The first-order valence-corrected chi connectivity index (χ1v) is 20.2. The number of ether oxygens (including phenoxy) is 9. The van der Waals surface area contributed by atoms with Crippen LogP contribution in [0.3, 0.4) is 0 Å². The van der Waals surface area contributed by atoms with Crippen LogP contribution in [0, 0.1) is 11.8 Å². The van der Waals surface area contributed by atoms with Gasteiger partial charge in [-0.15, -0.1) is 0 Å². The molecule has 52 heavy (non-hydrogen) atoms. The third-order valence-corrected chi connectivity index (χ3v) is 14.0. The summed E-state index contributed by atoms with van der Waals surface area (Å²) >= 11 is 0. The fraction of sp³-hybridized carbons (Fsp3) is 0.875. The summed E-state index contributed by atoms with van der Waals surface area (Å²) in [5, 5.41) is 10.5. The Hall–Kier alpha value is -1.29. The van der Waals surface area contributed by atoms with E-state index in [0.717, 1.165) is 56.1 Å². The number of Topliss-reactive ketones (excluding diaryl/α,β-unsaturated/α-hetero) is 1. The lowest BCUT2D eigenvalue weighted by atomic mass is 9.81. The molecule has 10 aliphatic rings. The molecular weight excluding hydrogens is 670 g/mol. The van der Waals surface area contributed by atoms with E-state index >= 15 is 0 Å². The smallest absolute Gasteiger partial charge is 0.172 e. The van der Waals surface area contributed by atoms with E-state index in [0.29, 0.717) is 25.7 Å². The van der Waals surface area contributed by atoms with Crippen LogP contribution in [0.5, 0.6) is 0 Å². The monoisotopic (exact) mass is 729 g/mol. The van der Waals surface area contributed by atoms with E-state index in [4.69, 9.17) is 48.4 Å². The predicted molar refractivity (Wildman–Crippen MR) is 186 cm³/mol. The second-order valence-corrected chi connectivity index (χ2v) is 17.4. The summed E-state index contributed by atoms with van der Waals surface area (Å²) in [4.78, 5) is 14.1. The maximum absolute atomic E-state index is 14.1. The summed E-state index contributed by atoms with van der Waals surface area (Å²) in [7, 11) is 1.66. The molecule has 1 spiro atoms. The van der Waals surface area contributed by atoms with Gasteiger partial charge >= 0.3 is 0 Å². The van der Waals surface area contributed by atoms with Gasteiger partial charge in [0.05, 0.1) is 67.1 Å². The Morgan fingerprint density at radius 1 is 0.808 bits per heavy atom. The highest BCUT2D eigenvalue weighted by atomic mass is 16.8. The molecule has 10 saturated heterocycles. The summed E-state index contributed by atoms with van der Waals surface area (Å²) in [6.07, 6.45) is 4.85. The van der Waals surface area contributed by atoms with Gasteiger partial charge in [0.2, 0.25) is 0 Å². The van der Waals surface area contributed by atoms with Crippen LogP contribution in [0.4, 0.5) is 0 Å². The molecule has 0 aromatic carbocycles. The zero-order chi connectivity index (χ0) is 35.9. The van der Waals surface area contributed by atoms with E-state index in [1.54, 1.807) is 7.11 Å². The van der Waals surface area contributed by atoms with E-state index < -0.39 is 18.0 Å². The Morgan fingerprint density at radius 2 is 1.56 bits per heavy atom. The largest absolute Gasteiger partial charge is 0.392 e. The van der Waals surface area contributed by atoms with Crippen molar-refractivity contribution in [2.75, 3.05) is 13.7 Å². The van der Waals surface area contributed by atoms with Gasteiger partial charge in [0, 0.05) is 58.1 Å². The van der Waals surface area contributed by atoms with Crippen molar-refractivity contribution in [2.45, 2.75) is 194 Å². The summed E-state index contributed by atoms with van der Waals surface area (Å²) in [5.74, 6) is -0.619. The number of ketones is 1. The second kappa shape index (κ2) is 14.3. The zero-order valence-electron chi connectivity index (χ0n) is 30.8. The third kappa shape index (κ3) is 6.59. The average molecular weight is 730 g/mol. The lowest BCUT2D eigenvalue weighted by Crippen LogP contribution is -2.61. The number of carbonyl (C=O) groups is 1. The van der Waals surface area contributed by atoms with Crippen molar-refractivity contribution in [2.24, 2.45) is 17.6 Å². The molecule has 3 N–H and O–H groups in total. The lowest BCUT2D eigenvalue weighted by Gasteiger charge is -2.47. The number of rotatable bonds is 4. The summed E-state index contributed by atoms with van der Waals surface area (Å²) in [6.45, 7) is 11.3. The first kappa shape index (κ1) is 36.4. The Balaban J connectivity index is 0.994. The number of aliphatic hydroxyl groups excluding tert-OH is 1. The van der Waals surface area contributed by atoms with Crippen molar-refractivity contribution >= 4 is 5.78 Å². The molecule has 290 valence electrons. The SMILES string of the molecule is C=C1CC2CC[C@@]34C[C@H]5O[C@H]6[C@@H](O3)[C@H]3O[C@H](CC[C@@H]3O[C@H]6[C@H]5O4)CC(=O)CC3C(C[C@H]4O[C@@H](CC[C@@H]1O2)C[C@@H](C)C4=C)OC(C[C@H](O)CN)[C@@H]3OC. The maximum Gasteiger partial charge on any atom is 0.172 e. The molecule has 0 saturated carbocycles. The standard InChI is InChI=1S/C40H59NO11/c1-19-11-24-5-7-28-20(2)12-26(45-28)9-10-40-17-33-36(51-40)37-38(50-33)39(52-40)35-29(49-37)8-6-25(47-35)13-22(42)14-27-31(16-30(46-24)21(19)3)48-32(34(27)44-4)15-23(43)18-41/h19,23-39,43H,2-3,5-18,41H2,1,4H3/t19-,23+,24+,25-,26?,27?,28+,29+,30-,31?,32?,33-,34-,35+,36+,37+,38-,39+,40+/m1/s1. The fourth-order valence-electron chi connectivity index (χ4n) is 11.3. The molecule has 10 aliphatic heterocycles. The van der Waals surface area contributed by atoms with Crippen molar-refractivity contribution in [1.82, 2.24) is 0 Å². The number of fused-ring (bicyclic) bond motifs is 6. The van der Waals surface area contributed by atoms with Crippen molar-refractivity contribution in [3.63, 3.8) is 0 Å². The van der Waals surface area contributed by atoms with Crippen LogP contribution in [-0.2, 0) is 47.4 Å². The fourth-order valence-corrected chi connectivity index (χ4v) is 11.3. The van der Waals surface area contributed by atoms with Gasteiger partial charge in [0.15, 0.2) is 5.79 Å². The van der Waals surface area contributed by atoms with Crippen molar-refractivity contribution in [1.29, 1.82) is 0 Å². The molecule has 0 aromatic heterocycles. The Kier molecular flexibility index (Phi) is 10.0. The highest BCUT2D eigenvalue weighted by Gasteiger charge is 2.68. The molecular formula is C40H59NO11. The quantitative estimate of drug-likeness (QED) is 0.409. The van der Waals surface area contributed by atoms with Gasteiger partial charge in [-0.05, 0) is 62.0 Å². The number of methoxy groups -OCH3 is 1. The van der Waals surface area contributed by atoms with Crippen LogP contribution in [-0.4, -0.2) is 128 Å². The van der Waals surface area contributed by atoms with Crippen LogP contribution < -0.4 is 5.73 Å².